The molecule has 1 atom stereocenters. The van der Waals surface area contributed by atoms with E-state index in [1.54, 1.807) is 24.5 Å². The lowest BCUT2D eigenvalue weighted by Crippen LogP contribution is -2.08. The lowest BCUT2D eigenvalue weighted by atomic mass is 10.1. The van der Waals surface area contributed by atoms with Gasteiger partial charge in [-0.05, 0) is 38.7 Å². The molecule has 0 aliphatic rings. The van der Waals surface area contributed by atoms with Crippen LogP contribution in [0.4, 0.5) is 4.39 Å². The van der Waals surface area contributed by atoms with Crippen molar-refractivity contribution in [2.24, 2.45) is 0 Å². The lowest BCUT2D eigenvalue weighted by molar-refractivity contribution is 0.0566. The van der Waals surface area contributed by atoms with Crippen LogP contribution in [0.15, 0.2) is 49.3 Å². The normalized spacial score (nSPS) is 12.2. The molecule has 0 spiro atoms. The number of benzene rings is 1. The van der Waals surface area contributed by atoms with Crippen LogP contribution in [0.5, 0.6) is 5.75 Å². The molecule has 0 fully saturated rings. The van der Waals surface area contributed by atoms with Crippen LogP contribution in [0.1, 0.15) is 57.9 Å². The van der Waals surface area contributed by atoms with Crippen LogP contribution in [-0.4, -0.2) is 29.3 Å². The van der Waals surface area contributed by atoms with E-state index < -0.39 is 0 Å². The Kier molecular flexibility index (Phi) is 10.8. The van der Waals surface area contributed by atoms with Gasteiger partial charge in [-0.1, -0.05) is 56.7 Å². The summed E-state index contributed by atoms with van der Waals surface area (Å²) in [4.78, 5) is 8.48. The summed E-state index contributed by atoms with van der Waals surface area (Å²) in [6.07, 6.45) is 15.4. The first-order chi connectivity index (χ1) is 14.6. The number of halogens is 1. The first-order valence-electron chi connectivity index (χ1n) is 10.8. The van der Waals surface area contributed by atoms with Gasteiger partial charge in [0.25, 0.3) is 0 Å². The van der Waals surface area contributed by atoms with Gasteiger partial charge in [-0.3, -0.25) is 0 Å². The van der Waals surface area contributed by atoms with Crippen molar-refractivity contribution < 1.29 is 13.9 Å². The SMILES string of the molecule is C=CCOc1cnc(-c2ccc(/C=C/CCCC(C)OCCCCC)c(F)c2)nc1. The molecular formula is C25H33FN2O2. The summed E-state index contributed by atoms with van der Waals surface area (Å²) in [5.74, 6) is 0.731. The van der Waals surface area contributed by atoms with E-state index in [1.165, 1.54) is 18.9 Å². The van der Waals surface area contributed by atoms with Gasteiger partial charge in [-0.25, -0.2) is 14.4 Å². The molecule has 0 bridgehead atoms. The maximum atomic E-state index is 14.5. The lowest BCUT2D eigenvalue weighted by Gasteiger charge is -2.12. The van der Waals surface area contributed by atoms with E-state index >= 15 is 0 Å². The fourth-order valence-corrected chi connectivity index (χ4v) is 2.95. The summed E-state index contributed by atoms with van der Waals surface area (Å²) in [6, 6.07) is 5.05. The third-order valence-electron chi connectivity index (χ3n) is 4.68. The molecule has 0 amide bonds. The molecule has 5 heteroatoms. The van der Waals surface area contributed by atoms with Crippen molar-refractivity contribution in [1.29, 1.82) is 0 Å². The first-order valence-corrected chi connectivity index (χ1v) is 10.8. The zero-order valence-electron chi connectivity index (χ0n) is 18.1. The summed E-state index contributed by atoms with van der Waals surface area (Å²) in [5, 5.41) is 0. The van der Waals surface area contributed by atoms with Crippen LogP contribution in [0.3, 0.4) is 0 Å². The molecule has 0 aliphatic carbocycles. The number of hydrogen-bond donors (Lipinski definition) is 0. The fraction of sp³-hybridized carbons (Fsp3) is 0.440. The maximum Gasteiger partial charge on any atom is 0.159 e. The second-order valence-corrected chi connectivity index (χ2v) is 7.30. The highest BCUT2D eigenvalue weighted by Crippen LogP contribution is 2.21. The molecule has 1 aromatic heterocycles. The van der Waals surface area contributed by atoms with E-state index in [1.807, 2.05) is 18.2 Å². The summed E-state index contributed by atoms with van der Waals surface area (Å²) >= 11 is 0. The van der Waals surface area contributed by atoms with Crippen LogP contribution in [-0.2, 0) is 4.74 Å². The zero-order chi connectivity index (χ0) is 21.6. The molecule has 1 heterocycles. The highest BCUT2D eigenvalue weighted by Gasteiger charge is 2.06. The number of rotatable bonds is 14. The molecule has 2 aromatic rings. The number of ether oxygens (including phenoxy) is 2. The van der Waals surface area contributed by atoms with Crippen LogP contribution in [0, 0.1) is 5.82 Å². The Balaban J connectivity index is 1.80. The van der Waals surface area contributed by atoms with Gasteiger partial charge in [0.15, 0.2) is 11.6 Å². The summed E-state index contributed by atoms with van der Waals surface area (Å²) in [7, 11) is 0. The van der Waals surface area contributed by atoms with Gasteiger partial charge in [0.1, 0.15) is 12.4 Å². The molecular weight excluding hydrogens is 379 g/mol. The summed E-state index contributed by atoms with van der Waals surface area (Å²) < 4.78 is 25.6. The van der Waals surface area contributed by atoms with Gasteiger partial charge in [0.2, 0.25) is 0 Å². The molecule has 162 valence electrons. The van der Waals surface area contributed by atoms with E-state index in [-0.39, 0.29) is 11.9 Å². The maximum absolute atomic E-state index is 14.5. The zero-order valence-corrected chi connectivity index (χ0v) is 18.1. The second kappa shape index (κ2) is 13.6. The number of nitrogens with zero attached hydrogens (tertiary/aromatic N) is 2. The van der Waals surface area contributed by atoms with E-state index in [0.29, 0.717) is 29.3 Å². The smallest absolute Gasteiger partial charge is 0.159 e. The van der Waals surface area contributed by atoms with E-state index in [2.05, 4.69) is 30.4 Å². The molecule has 0 radical (unpaired) electrons. The fourth-order valence-electron chi connectivity index (χ4n) is 2.95. The Labute approximate surface area is 179 Å². The van der Waals surface area contributed by atoms with Crippen LogP contribution >= 0.6 is 0 Å². The minimum Gasteiger partial charge on any atom is -0.486 e. The average Bonchev–Trinajstić information content (AvgIpc) is 2.76. The van der Waals surface area contributed by atoms with Crippen molar-refractivity contribution in [1.82, 2.24) is 9.97 Å². The molecule has 0 aliphatic heterocycles. The van der Waals surface area contributed by atoms with Gasteiger partial charge >= 0.3 is 0 Å². The third kappa shape index (κ3) is 8.46. The predicted octanol–water partition coefficient (Wildman–Crippen LogP) is 6.63. The number of hydrogen-bond acceptors (Lipinski definition) is 4. The minimum absolute atomic E-state index is 0.278. The van der Waals surface area contributed by atoms with E-state index in [4.69, 9.17) is 9.47 Å². The van der Waals surface area contributed by atoms with Crippen LogP contribution in [0.2, 0.25) is 0 Å². The van der Waals surface area contributed by atoms with Crippen LogP contribution < -0.4 is 4.74 Å². The van der Waals surface area contributed by atoms with Crippen molar-refractivity contribution in [3.8, 4) is 17.1 Å². The number of unbranched alkanes of at least 4 members (excludes halogenated alkanes) is 3. The van der Waals surface area contributed by atoms with Crippen LogP contribution in [0.25, 0.3) is 17.5 Å². The molecule has 0 saturated heterocycles. The Hall–Kier alpha value is -2.53. The van der Waals surface area contributed by atoms with Gasteiger partial charge in [0, 0.05) is 17.7 Å². The highest BCUT2D eigenvalue weighted by molar-refractivity contribution is 5.60. The van der Waals surface area contributed by atoms with E-state index in [0.717, 1.165) is 32.3 Å². The monoisotopic (exact) mass is 412 g/mol. The Morgan fingerprint density at radius 3 is 2.67 bits per heavy atom. The van der Waals surface area contributed by atoms with Crippen molar-refractivity contribution in [2.45, 2.75) is 58.5 Å². The molecule has 2 rings (SSSR count). The molecule has 4 nitrogen and oxygen atoms in total. The van der Waals surface area contributed by atoms with Crippen molar-refractivity contribution in [3.63, 3.8) is 0 Å². The Bertz CT molecular complexity index is 790. The van der Waals surface area contributed by atoms with E-state index in [9.17, 15) is 4.39 Å². The summed E-state index contributed by atoms with van der Waals surface area (Å²) in [6.45, 7) is 9.14. The first kappa shape index (κ1) is 23.7. The molecule has 30 heavy (non-hydrogen) atoms. The molecule has 1 aromatic carbocycles. The molecule has 0 N–H and O–H groups in total. The number of allylic oxidation sites excluding steroid dienone is 1. The standard InChI is InChI=1S/C25H33FN2O2/c1-4-6-10-16-29-20(3)11-8-7-9-12-21-13-14-22(17-24(21)26)25-27-18-23(19-28-25)30-15-5-2/h5,9,12-14,17-20H,2,4,6-8,10-11,15-16H2,1,3H3/b12-9+. The Morgan fingerprint density at radius 1 is 1.17 bits per heavy atom. The predicted molar refractivity (Wildman–Crippen MR) is 121 cm³/mol. The summed E-state index contributed by atoms with van der Waals surface area (Å²) in [5.41, 5.74) is 1.20. The topological polar surface area (TPSA) is 44.2 Å². The Morgan fingerprint density at radius 2 is 1.97 bits per heavy atom. The van der Waals surface area contributed by atoms with Gasteiger partial charge < -0.3 is 9.47 Å². The average molecular weight is 413 g/mol. The quantitative estimate of drug-likeness (QED) is 0.258. The van der Waals surface area contributed by atoms with Gasteiger partial charge in [-0.2, -0.15) is 0 Å². The second-order valence-electron chi connectivity index (χ2n) is 7.30. The minimum atomic E-state index is -0.285. The van der Waals surface area contributed by atoms with Crippen molar-refractivity contribution in [3.05, 3.63) is 60.7 Å². The van der Waals surface area contributed by atoms with Gasteiger partial charge in [-0.15, -0.1) is 0 Å². The largest absolute Gasteiger partial charge is 0.486 e. The highest BCUT2D eigenvalue weighted by atomic mass is 19.1. The van der Waals surface area contributed by atoms with Crippen molar-refractivity contribution >= 4 is 6.08 Å². The third-order valence-corrected chi connectivity index (χ3v) is 4.68. The van der Waals surface area contributed by atoms with Crippen molar-refractivity contribution in [2.75, 3.05) is 13.2 Å². The molecule has 1 unspecified atom stereocenters. The number of aromatic nitrogens is 2. The van der Waals surface area contributed by atoms with Gasteiger partial charge in [0.05, 0.1) is 18.5 Å². The molecule has 0 saturated carbocycles.